The molecule has 0 saturated heterocycles. The number of hydrogen-bond acceptors (Lipinski definition) is 3. The first-order valence-electron chi connectivity index (χ1n) is 6.64. The highest BCUT2D eigenvalue weighted by atomic mass is 16.5. The van der Waals surface area contributed by atoms with Gasteiger partial charge < -0.3 is 15.2 Å². The molecule has 0 radical (unpaired) electrons. The van der Waals surface area contributed by atoms with Gasteiger partial charge in [0, 0.05) is 13.0 Å². The molecule has 1 rings (SSSR count). The molecule has 1 aliphatic rings. The highest BCUT2D eigenvalue weighted by Gasteiger charge is 2.25. The molecular weight excluding hydrogens is 234 g/mol. The third-order valence-electron chi connectivity index (χ3n) is 3.32. The summed E-state index contributed by atoms with van der Waals surface area (Å²) in [4.78, 5) is 22.6. The van der Waals surface area contributed by atoms with Crippen molar-refractivity contribution in [3.05, 3.63) is 0 Å². The molecule has 0 heterocycles. The summed E-state index contributed by atoms with van der Waals surface area (Å²) < 4.78 is 5.35. The van der Waals surface area contributed by atoms with Crippen LogP contribution in [0.4, 0.5) is 0 Å². The Morgan fingerprint density at radius 1 is 1.44 bits per heavy atom. The van der Waals surface area contributed by atoms with Crippen LogP contribution in [0.15, 0.2) is 0 Å². The highest BCUT2D eigenvalue weighted by molar-refractivity contribution is 5.83. The van der Waals surface area contributed by atoms with Gasteiger partial charge in [0.15, 0.2) is 0 Å². The molecule has 2 N–H and O–H groups in total. The SMILES string of the molecule is CC[C@H](C)[C@H](NC(=O)CCOCC1CC1)C(=O)O. The molecule has 104 valence electrons. The maximum absolute atomic E-state index is 11.6. The predicted molar refractivity (Wildman–Crippen MR) is 67.2 cm³/mol. The minimum Gasteiger partial charge on any atom is -0.480 e. The average Bonchev–Trinajstić information content (AvgIpc) is 3.14. The monoisotopic (exact) mass is 257 g/mol. The number of carbonyl (C=O) groups excluding carboxylic acids is 1. The van der Waals surface area contributed by atoms with Gasteiger partial charge in [0.05, 0.1) is 6.61 Å². The van der Waals surface area contributed by atoms with Gasteiger partial charge in [-0.05, 0) is 24.7 Å². The van der Waals surface area contributed by atoms with Crippen LogP contribution in [0.25, 0.3) is 0 Å². The summed E-state index contributed by atoms with van der Waals surface area (Å²) in [5.74, 6) is -0.617. The third kappa shape index (κ3) is 5.49. The molecule has 0 spiro atoms. The molecule has 1 fully saturated rings. The van der Waals surface area contributed by atoms with Crippen LogP contribution in [0, 0.1) is 11.8 Å². The number of rotatable bonds is 9. The van der Waals surface area contributed by atoms with Crippen molar-refractivity contribution in [2.45, 2.75) is 45.6 Å². The Bertz CT molecular complexity index is 289. The molecule has 1 aliphatic carbocycles. The van der Waals surface area contributed by atoms with Crippen molar-refractivity contribution in [2.24, 2.45) is 11.8 Å². The molecule has 2 atom stereocenters. The van der Waals surface area contributed by atoms with Crippen molar-refractivity contribution >= 4 is 11.9 Å². The third-order valence-corrected chi connectivity index (χ3v) is 3.32. The van der Waals surface area contributed by atoms with Gasteiger partial charge in [0.25, 0.3) is 0 Å². The number of carbonyl (C=O) groups is 2. The molecule has 0 unspecified atom stereocenters. The molecule has 0 aromatic rings. The van der Waals surface area contributed by atoms with Crippen LogP contribution in [0.2, 0.25) is 0 Å². The predicted octanol–water partition coefficient (Wildman–Crippen LogP) is 1.42. The lowest BCUT2D eigenvalue weighted by Gasteiger charge is -2.20. The summed E-state index contributed by atoms with van der Waals surface area (Å²) in [6.07, 6.45) is 3.39. The van der Waals surface area contributed by atoms with Crippen LogP contribution in [0.3, 0.4) is 0 Å². The fourth-order valence-corrected chi connectivity index (χ4v) is 1.63. The second-order valence-corrected chi connectivity index (χ2v) is 5.04. The van der Waals surface area contributed by atoms with Crippen molar-refractivity contribution in [1.82, 2.24) is 5.32 Å². The molecule has 0 aromatic heterocycles. The summed E-state index contributed by atoms with van der Waals surface area (Å²) in [6, 6.07) is -0.800. The Balaban J connectivity index is 2.20. The van der Waals surface area contributed by atoms with E-state index in [1.54, 1.807) is 0 Å². The van der Waals surface area contributed by atoms with Gasteiger partial charge in [-0.25, -0.2) is 4.79 Å². The molecule has 1 amide bonds. The smallest absolute Gasteiger partial charge is 0.326 e. The van der Waals surface area contributed by atoms with Gasteiger partial charge in [-0.2, -0.15) is 0 Å². The normalized spacial score (nSPS) is 18.1. The molecule has 0 bridgehead atoms. The zero-order valence-corrected chi connectivity index (χ0v) is 11.1. The van der Waals surface area contributed by atoms with E-state index in [0.29, 0.717) is 12.5 Å². The number of hydrogen-bond donors (Lipinski definition) is 2. The van der Waals surface area contributed by atoms with E-state index in [4.69, 9.17) is 9.84 Å². The molecule has 5 heteroatoms. The number of aliphatic carboxylic acids is 1. The van der Waals surface area contributed by atoms with Crippen molar-refractivity contribution in [1.29, 1.82) is 0 Å². The van der Waals surface area contributed by atoms with Crippen molar-refractivity contribution in [3.8, 4) is 0 Å². The lowest BCUT2D eigenvalue weighted by molar-refractivity contribution is -0.143. The molecule has 5 nitrogen and oxygen atoms in total. The number of carboxylic acid groups (broad SMARTS) is 1. The standard InChI is InChI=1S/C13H23NO4/c1-3-9(2)12(13(16)17)14-11(15)6-7-18-8-10-4-5-10/h9-10,12H,3-8H2,1-2H3,(H,14,15)(H,16,17)/t9-,12-/m0/s1. The zero-order chi connectivity index (χ0) is 13.5. The molecule has 18 heavy (non-hydrogen) atoms. The largest absolute Gasteiger partial charge is 0.480 e. The fourth-order valence-electron chi connectivity index (χ4n) is 1.63. The minimum absolute atomic E-state index is 0.0705. The minimum atomic E-state index is -0.975. The highest BCUT2D eigenvalue weighted by Crippen LogP contribution is 2.28. The van der Waals surface area contributed by atoms with Gasteiger partial charge in [-0.1, -0.05) is 20.3 Å². The van der Waals surface area contributed by atoms with E-state index in [1.807, 2.05) is 13.8 Å². The topological polar surface area (TPSA) is 75.6 Å². The van der Waals surface area contributed by atoms with Gasteiger partial charge in [-0.15, -0.1) is 0 Å². The van der Waals surface area contributed by atoms with Crippen LogP contribution in [-0.4, -0.2) is 36.2 Å². The molecule has 1 saturated carbocycles. The number of carboxylic acids is 1. The summed E-state index contributed by atoms with van der Waals surface area (Å²) in [5, 5.41) is 11.6. The van der Waals surface area contributed by atoms with Gasteiger partial charge >= 0.3 is 5.97 Å². The van der Waals surface area contributed by atoms with Crippen LogP contribution >= 0.6 is 0 Å². The lowest BCUT2D eigenvalue weighted by Crippen LogP contribution is -2.45. The van der Waals surface area contributed by atoms with Crippen molar-refractivity contribution < 1.29 is 19.4 Å². The van der Waals surface area contributed by atoms with Crippen molar-refractivity contribution in [3.63, 3.8) is 0 Å². The quantitative estimate of drug-likeness (QED) is 0.612. The molecule has 0 aliphatic heterocycles. The fraction of sp³-hybridized carbons (Fsp3) is 0.846. The van der Waals surface area contributed by atoms with Crippen LogP contribution in [-0.2, 0) is 14.3 Å². The Morgan fingerprint density at radius 2 is 2.11 bits per heavy atom. The van der Waals surface area contributed by atoms with Crippen LogP contribution in [0.5, 0.6) is 0 Å². The second-order valence-electron chi connectivity index (χ2n) is 5.04. The first-order valence-corrected chi connectivity index (χ1v) is 6.64. The Labute approximate surface area is 108 Å². The van der Waals surface area contributed by atoms with E-state index in [0.717, 1.165) is 13.0 Å². The van der Waals surface area contributed by atoms with E-state index in [-0.39, 0.29) is 18.2 Å². The second kappa shape index (κ2) is 7.36. The maximum Gasteiger partial charge on any atom is 0.326 e. The molecular formula is C13H23NO4. The molecule has 0 aromatic carbocycles. The number of amides is 1. The summed E-state index contributed by atoms with van der Waals surface area (Å²) >= 11 is 0. The Hall–Kier alpha value is -1.10. The summed E-state index contributed by atoms with van der Waals surface area (Å²) in [6.45, 7) is 4.82. The van der Waals surface area contributed by atoms with E-state index >= 15 is 0 Å². The van der Waals surface area contributed by atoms with Crippen LogP contribution < -0.4 is 5.32 Å². The number of ether oxygens (including phenoxy) is 1. The van der Waals surface area contributed by atoms with E-state index in [2.05, 4.69) is 5.32 Å². The Morgan fingerprint density at radius 3 is 2.61 bits per heavy atom. The first-order chi connectivity index (χ1) is 8.54. The zero-order valence-electron chi connectivity index (χ0n) is 11.1. The van der Waals surface area contributed by atoms with Gasteiger partial charge in [0.2, 0.25) is 5.91 Å². The van der Waals surface area contributed by atoms with E-state index in [9.17, 15) is 9.59 Å². The summed E-state index contributed by atoms with van der Waals surface area (Å²) in [7, 11) is 0. The summed E-state index contributed by atoms with van der Waals surface area (Å²) in [5.41, 5.74) is 0. The van der Waals surface area contributed by atoms with E-state index < -0.39 is 12.0 Å². The van der Waals surface area contributed by atoms with Crippen LogP contribution in [0.1, 0.15) is 39.5 Å². The maximum atomic E-state index is 11.6. The Kier molecular flexibility index (Phi) is 6.12. The van der Waals surface area contributed by atoms with Crippen molar-refractivity contribution in [2.75, 3.05) is 13.2 Å². The van der Waals surface area contributed by atoms with E-state index in [1.165, 1.54) is 12.8 Å². The van der Waals surface area contributed by atoms with Gasteiger partial charge in [0.1, 0.15) is 6.04 Å². The first kappa shape index (κ1) is 15.0. The average molecular weight is 257 g/mol. The van der Waals surface area contributed by atoms with Gasteiger partial charge in [-0.3, -0.25) is 4.79 Å². The lowest BCUT2D eigenvalue weighted by atomic mass is 9.99. The number of nitrogens with one attached hydrogen (secondary N) is 1.